The lowest BCUT2D eigenvalue weighted by Gasteiger charge is -2.27. The standard InChI is InChI=1S/C38H43NO9/c1-38(2,3)48-37(42)39(19-11-21-46-33(40)18-17-26-23-31(43-4)35(45-6)32(24-26)44-5)20-12-22-47-36(41)34-29-15-9-7-13-27(29)25-28-14-8-10-16-30(28)34/h7-10,13-18,23-25H,11-12,19-22H2,1-6H3/b18-17+. The molecule has 4 aromatic carbocycles. The quantitative estimate of drug-likeness (QED) is 0.0449. The van der Waals surface area contributed by atoms with Crippen molar-refractivity contribution in [2.24, 2.45) is 0 Å². The minimum absolute atomic E-state index is 0.0842. The summed E-state index contributed by atoms with van der Waals surface area (Å²) in [6.07, 6.45) is 3.17. The highest BCUT2D eigenvalue weighted by Gasteiger charge is 2.22. The molecule has 0 fully saturated rings. The van der Waals surface area contributed by atoms with Crippen LogP contribution in [0.1, 0.15) is 49.5 Å². The maximum Gasteiger partial charge on any atom is 0.410 e. The van der Waals surface area contributed by atoms with Crippen LogP contribution < -0.4 is 14.2 Å². The summed E-state index contributed by atoms with van der Waals surface area (Å²) < 4.78 is 32.7. The Hall–Kier alpha value is -5.25. The van der Waals surface area contributed by atoms with E-state index < -0.39 is 23.6 Å². The first-order chi connectivity index (χ1) is 23.0. The molecule has 254 valence electrons. The number of fused-ring (bicyclic) bond motifs is 2. The van der Waals surface area contributed by atoms with Gasteiger partial charge in [0.05, 0.1) is 40.1 Å². The lowest BCUT2D eigenvalue weighted by Crippen LogP contribution is -2.38. The molecule has 0 aliphatic heterocycles. The van der Waals surface area contributed by atoms with Gasteiger partial charge in [0.25, 0.3) is 0 Å². The molecule has 0 saturated carbocycles. The second-order valence-corrected chi connectivity index (χ2v) is 12.0. The van der Waals surface area contributed by atoms with Crippen LogP contribution in [0, 0.1) is 0 Å². The first-order valence-electron chi connectivity index (χ1n) is 15.7. The highest BCUT2D eigenvalue weighted by molar-refractivity contribution is 6.16. The summed E-state index contributed by atoms with van der Waals surface area (Å²) in [5.74, 6) is 0.414. The molecule has 0 radical (unpaired) electrons. The maximum atomic E-state index is 13.4. The number of carbonyl (C=O) groups is 3. The fourth-order valence-electron chi connectivity index (χ4n) is 5.19. The number of rotatable bonds is 14. The average molecular weight is 658 g/mol. The minimum atomic E-state index is -0.693. The second-order valence-electron chi connectivity index (χ2n) is 12.0. The van der Waals surface area contributed by atoms with Gasteiger partial charge in [-0.3, -0.25) is 0 Å². The molecular formula is C38H43NO9. The van der Waals surface area contributed by atoms with Crippen molar-refractivity contribution in [1.82, 2.24) is 4.90 Å². The number of esters is 2. The third kappa shape index (κ3) is 9.40. The van der Waals surface area contributed by atoms with E-state index in [2.05, 4.69) is 6.07 Å². The summed E-state index contributed by atoms with van der Waals surface area (Å²) in [5, 5.41) is 3.56. The zero-order valence-corrected chi connectivity index (χ0v) is 28.4. The maximum absolute atomic E-state index is 13.4. The molecular weight excluding hydrogens is 614 g/mol. The first-order valence-corrected chi connectivity index (χ1v) is 15.7. The van der Waals surface area contributed by atoms with Gasteiger partial charge >= 0.3 is 18.0 Å². The Morgan fingerprint density at radius 2 is 1.27 bits per heavy atom. The molecule has 0 heterocycles. The van der Waals surface area contributed by atoms with E-state index in [1.54, 1.807) is 39.0 Å². The zero-order chi connectivity index (χ0) is 34.7. The molecule has 0 aromatic heterocycles. The lowest BCUT2D eigenvalue weighted by atomic mass is 9.97. The molecule has 0 aliphatic rings. The smallest absolute Gasteiger partial charge is 0.410 e. The van der Waals surface area contributed by atoms with Gasteiger partial charge in [-0.15, -0.1) is 0 Å². The molecule has 0 saturated heterocycles. The minimum Gasteiger partial charge on any atom is -0.493 e. The normalized spacial score (nSPS) is 11.4. The molecule has 4 aromatic rings. The molecule has 1 amide bonds. The van der Waals surface area contributed by atoms with Crippen molar-refractivity contribution in [3.05, 3.63) is 83.9 Å². The second kappa shape index (κ2) is 16.5. The fourth-order valence-corrected chi connectivity index (χ4v) is 5.19. The summed E-state index contributed by atoms with van der Waals surface area (Å²) in [5.41, 5.74) is 0.488. The van der Waals surface area contributed by atoms with E-state index >= 15 is 0 Å². The van der Waals surface area contributed by atoms with E-state index in [0.717, 1.165) is 21.5 Å². The molecule has 10 heteroatoms. The van der Waals surface area contributed by atoms with Gasteiger partial charge in [-0.2, -0.15) is 0 Å². The van der Waals surface area contributed by atoms with Crippen LogP contribution in [0.3, 0.4) is 0 Å². The van der Waals surface area contributed by atoms with Crippen molar-refractivity contribution in [3.8, 4) is 17.2 Å². The van der Waals surface area contributed by atoms with E-state index in [4.69, 9.17) is 28.4 Å². The number of benzene rings is 4. The van der Waals surface area contributed by atoms with Crippen LogP contribution in [-0.2, 0) is 19.0 Å². The van der Waals surface area contributed by atoms with Gasteiger partial charge in [0.15, 0.2) is 11.5 Å². The van der Waals surface area contributed by atoms with Crippen molar-refractivity contribution < 1.29 is 42.8 Å². The zero-order valence-electron chi connectivity index (χ0n) is 28.4. The Balaban J connectivity index is 1.32. The molecule has 0 unspecified atom stereocenters. The third-order valence-corrected chi connectivity index (χ3v) is 7.35. The van der Waals surface area contributed by atoms with Crippen LogP contribution in [0.25, 0.3) is 27.6 Å². The molecule has 0 spiro atoms. The largest absolute Gasteiger partial charge is 0.493 e. The highest BCUT2D eigenvalue weighted by atomic mass is 16.6. The van der Waals surface area contributed by atoms with Gasteiger partial charge in [-0.25, -0.2) is 14.4 Å². The molecule has 0 bridgehead atoms. The predicted octanol–water partition coefficient (Wildman–Crippen LogP) is 7.45. The van der Waals surface area contributed by atoms with Gasteiger partial charge in [0.2, 0.25) is 5.75 Å². The Labute approximate surface area is 281 Å². The van der Waals surface area contributed by atoms with Gasteiger partial charge in [-0.05, 0) is 85.0 Å². The number of carbonyl (C=O) groups excluding carboxylic acids is 3. The molecule has 0 N–H and O–H groups in total. The van der Waals surface area contributed by atoms with Gasteiger partial charge in [0.1, 0.15) is 5.60 Å². The number of amides is 1. The predicted molar refractivity (Wildman–Crippen MR) is 185 cm³/mol. The van der Waals surface area contributed by atoms with E-state index in [0.29, 0.717) is 41.2 Å². The van der Waals surface area contributed by atoms with Gasteiger partial charge in [0, 0.05) is 19.2 Å². The van der Waals surface area contributed by atoms with Crippen LogP contribution in [-0.4, -0.2) is 76.2 Å². The Bertz CT molecular complexity index is 1690. The average Bonchev–Trinajstić information content (AvgIpc) is 3.07. The highest BCUT2D eigenvalue weighted by Crippen LogP contribution is 2.38. The molecule has 0 atom stereocenters. The summed E-state index contributed by atoms with van der Waals surface area (Å²) in [7, 11) is 4.54. The van der Waals surface area contributed by atoms with Crippen molar-refractivity contribution >= 4 is 45.7 Å². The van der Waals surface area contributed by atoms with Crippen LogP contribution in [0.2, 0.25) is 0 Å². The Morgan fingerprint density at radius 1 is 0.729 bits per heavy atom. The molecule has 10 nitrogen and oxygen atoms in total. The SMILES string of the molecule is COc1cc(/C=C/C(=O)OCCCN(CCCOC(=O)c2c3ccccc3cc3ccccc23)C(=O)OC(C)(C)C)cc(OC)c1OC. The third-order valence-electron chi connectivity index (χ3n) is 7.35. The van der Waals surface area contributed by atoms with Crippen LogP contribution in [0.5, 0.6) is 17.2 Å². The van der Waals surface area contributed by atoms with Gasteiger partial charge in [-0.1, -0.05) is 48.5 Å². The Kier molecular flexibility index (Phi) is 12.3. The van der Waals surface area contributed by atoms with Crippen molar-refractivity contribution in [2.45, 2.75) is 39.2 Å². The van der Waals surface area contributed by atoms with E-state index in [1.807, 2.05) is 48.5 Å². The monoisotopic (exact) mass is 657 g/mol. The van der Waals surface area contributed by atoms with Gasteiger partial charge < -0.3 is 33.3 Å². The fraction of sp³-hybridized carbons (Fsp3) is 0.342. The molecule has 4 rings (SSSR count). The van der Waals surface area contributed by atoms with E-state index in [9.17, 15) is 14.4 Å². The van der Waals surface area contributed by atoms with Crippen molar-refractivity contribution in [2.75, 3.05) is 47.6 Å². The number of hydrogen-bond acceptors (Lipinski definition) is 9. The van der Waals surface area contributed by atoms with Crippen molar-refractivity contribution in [3.63, 3.8) is 0 Å². The lowest BCUT2D eigenvalue weighted by molar-refractivity contribution is -0.137. The molecule has 48 heavy (non-hydrogen) atoms. The van der Waals surface area contributed by atoms with Crippen LogP contribution in [0.4, 0.5) is 4.79 Å². The number of nitrogens with zero attached hydrogens (tertiary/aromatic N) is 1. The molecule has 0 aliphatic carbocycles. The summed E-state index contributed by atoms with van der Waals surface area (Å²) >= 11 is 0. The topological polar surface area (TPSA) is 110 Å². The Morgan fingerprint density at radius 3 is 1.79 bits per heavy atom. The number of methoxy groups -OCH3 is 3. The summed E-state index contributed by atoms with van der Waals surface area (Å²) in [6, 6.07) is 20.9. The number of ether oxygens (including phenoxy) is 6. The van der Waals surface area contributed by atoms with E-state index in [-0.39, 0.29) is 26.3 Å². The van der Waals surface area contributed by atoms with Crippen LogP contribution in [0.15, 0.2) is 72.8 Å². The summed E-state index contributed by atoms with van der Waals surface area (Å²) in [4.78, 5) is 40.3. The summed E-state index contributed by atoms with van der Waals surface area (Å²) in [6.45, 7) is 6.13. The van der Waals surface area contributed by atoms with Crippen LogP contribution >= 0.6 is 0 Å². The van der Waals surface area contributed by atoms with E-state index in [1.165, 1.54) is 32.3 Å². The first kappa shape index (κ1) is 35.6. The van der Waals surface area contributed by atoms with Crippen molar-refractivity contribution in [1.29, 1.82) is 0 Å². The number of hydrogen-bond donors (Lipinski definition) is 0.